The molecule has 0 spiro atoms. The Bertz CT molecular complexity index is 397. The number of rotatable bonds is 3. The van der Waals surface area contributed by atoms with Crippen LogP contribution in [0.15, 0.2) is 0 Å². The van der Waals surface area contributed by atoms with E-state index in [0.29, 0.717) is 18.3 Å². The molecule has 1 saturated carbocycles. The van der Waals surface area contributed by atoms with Gasteiger partial charge in [-0.05, 0) is 44.4 Å². The highest BCUT2D eigenvalue weighted by atomic mass is 16.4. The van der Waals surface area contributed by atoms with Crippen molar-refractivity contribution in [2.45, 2.75) is 77.4 Å². The Morgan fingerprint density at radius 2 is 1.76 bits per heavy atom. The first-order chi connectivity index (χ1) is 9.91. The van der Waals surface area contributed by atoms with Gasteiger partial charge in [0.05, 0.1) is 0 Å². The highest BCUT2D eigenvalue weighted by Gasteiger charge is 2.44. The number of aliphatic carboxylic acids is 1. The SMILES string of the molecule is CC(C)C(C)NC(=O)N1C(C(=O)O)CCC2CCCCC21. The number of likely N-dealkylation sites (tertiary alicyclic amines) is 1. The third-order valence-corrected chi connectivity index (χ3v) is 5.24. The Balaban J connectivity index is 2.15. The first-order valence-electron chi connectivity index (χ1n) is 8.23. The molecule has 1 aliphatic heterocycles. The number of carboxylic acids is 1. The zero-order valence-electron chi connectivity index (χ0n) is 13.3. The van der Waals surface area contributed by atoms with E-state index in [1.165, 1.54) is 6.42 Å². The van der Waals surface area contributed by atoms with Gasteiger partial charge < -0.3 is 15.3 Å². The molecule has 2 aliphatic rings. The smallest absolute Gasteiger partial charge is 0.326 e. The fourth-order valence-electron chi connectivity index (χ4n) is 3.60. The standard InChI is InChI=1S/C16H28N2O3/c1-10(2)11(3)17-16(21)18-13-7-5-4-6-12(13)8-9-14(18)15(19)20/h10-14H,4-9H2,1-3H3,(H,17,21)(H,19,20). The van der Waals surface area contributed by atoms with Crippen molar-refractivity contribution in [2.75, 3.05) is 0 Å². The number of urea groups is 1. The van der Waals surface area contributed by atoms with E-state index in [-0.39, 0.29) is 18.1 Å². The van der Waals surface area contributed by atoms with Crippen molar-refractivity contribution in [1.29, 1.82) is 0 Å². The Hall–Kier alpha value is -1.26. The van der Waals surface area contributed by atoms with Gasteiger partial charge in [0.25, 0.3) is 0 Å². The van der Waals surface area contributed by atoms with Gasteiger partial charge in [0, 0.05) is 12.1 Å². The Labute approximate surface area is 127 Å². The number of amides is 2. The Kier molecular flexibility index (Phi) is 5.12. The second-order valence-electron chi connectivity index (χ2n) is 6.93. The van der Waals surface area contributed by atoms with Crippen LogP contribution < -0.4 is 5.32 Å². The highest BCUT2D eigenvalue weighted by Crippen LogP contribution is 2.38. The zero-order chi connectivity index (χ0) is 15.6. The predicted octanol–water partition coefficient (Wildman–Crippen LogP) is 2.85. The van der Waals surface area contributed by atoms with Gasteiger partial charge in [0.1, 0.15) is 6.04 Å². The summed E-state index contributed by atoms with van der Waals surface area (Å²) in [6.45, 7) is 6.08. The van der Waals surface area contributed by atoms with Crippen LogP contribution in [-0.4, -0.2) is 40.1 Å². The number of hydrogen-bond acceptors (Lipinski definition) is 2. The van der Waals surface area contributed by atoms with Crippen LogP contribution in [0.25, 0.3) is 0 Å². The molecule has 21 heavy (non-hydrogen) atoms. The fourth-order valence-corrected chi connectivity index (χ4v) is 3.60. The van der Waals surface area contributed by atoms with Crippen LogP contribution in [-0.2, 0) is 4.79 Å². The van der Waals surface area contributed by atoms with E-state index >= 15 is 0 Å². The van der Waals surface area contributed by atoms with Crippen molar-refractivity contribution in [2.24, 2.45) is 11.8 Å². The van der Waals surface area contributed by atoms with Crippen LogP contribution >= 0.6 is 0 Å². The molecule has 1 heterocycles. The monoisotopic (exact) mass is 296 g/mol. The zero-order valence-corrected chi connectivity index (χ0v) is 13.3. The molecule has 0 bridgehead atoms. The molecule has 2 rings (SSSR count). The number of nitrogens with one attached hydrogen (secondary N) is 1. The maximum absolute atomic E-state index is 12.6. The number of carbonyl (C=O) groups excluding carboxylic acids is 1. The lowest BCUT2D eigenvalue weighted by atomic mass is 9.76. The molecule has 0 aromatic heterocycles. The third kappa shape index (κ3) is 3.50. The molecule has 1 saturated heterocycles. The lowest BCUT2D eigenvalue weighted by molar-refractivity contribution is -0.145. The number of piperidine rings is 1. The molecule has 1 aliphatic carbocycles. The number of nitrogens with zero attached hydrogens (tertiary/aromatic N) is 1. The van der Waals surface area contributed by atoms with E-state index in [4.69, 9.17) is 0 Å². The summed E-state index contributed by atoms with van der Waals surface area (Å²) in [6, 6.07) is -0.701. The van der Waals surface area contributed by atoms with Crippen LogP contribution in [0.3, 0.4) is 0 Å². The molecular weight excluding hydrogens is 268 g/mol. The Morgan fingerprint density at radius 1 is 1.10 bits per heavy atom. The van der Waals surface area contributed by atoms with Gasteiger partial charge in [-0.3, -0.25) is 0 Å². The summed E-state index contributed by atoms with van der Waals surface area (Å²) >= 11 is 0. The summed E-state index contributed by atoms with van der Waals surface area (Å²) in [7, 11) is 0. The molecule has 2 amide bonds. The van der Waals surface area contributed by atoms with Crippen LogP contribution in [0, 0.1) is 11.8 Å². The van der Waals surface area contributed by atoms with Crippen molar-refractivity contribution >= 4 is 12.0 Å². The summed E-state index contributed by atoms with van der Waals surface area (Å²) < 4.78 is 0. The molecule has 120 valence electrons. The van der Waals surface area contributed by atoms with E-state index in [1.807, 2.05) is 6.92 Å². The molecule has 2 N–H and O–H groups in total. The number of fused-ring (bicyclic) bond motifs is 1. The lowest BCUT2D eigenvalue weighted by Crippen LogP contribution is -2.61. The first kappa shape index (κ1) is 16.1. The van der Waals surface area contributed by atoms with E-state index in [0.717, 1.165) is 25.7 Å². The molecule has 0 aromatic carbocycles. The van der Waals surface area contributed by atoms with Gasteiger partial charge in [-0.25, -0.2) is 9.59 Å². The molecule has 4 unspecified atom stereocenters. The minimum Gasteiger partial charge on any atom is -0.480 e. The molecule has 0 aromatic rings. The van der Waals surface area contributed by atoms with Crippen molar-refractivity contribution in [3.63, 3.8) is 0 Å². The topological polar surface area (TPSA) is 69.6 Å². The fraction of sp³-hybridized carbons (Fsp3) is 0.875. The van der Waals surface area contributed by atoms with Crippen LogP contribution in [0.4, 0.5) is 4.79 Å². The molecular formula is C16H28N2O3. The van der Waals surface area contributed by atoms with Gasteiger partial charge in [0.15, 0.2) is 0 Å². The second kappa shape index (κ2) is 6.67. The van der Waals surface area contributed by atoms with E-state index in [1.54, 1.807) is 4.90 Å². The lowest BCUT2D eigenvalue weighted by Gasteiger charge is -2.47. The maximum atomic E-state index is 12.6. The summed E-state index contributed by atoms with van der Waals surface area (Å²) in [5.74, 6) is -0.0509. The first-order valence-corrected chi connectivity index (χ1v) is 8.23. The van der Waals surface area contributed by atoms with Crippen LogP contribution in [0.5, 0.6) is 0 Å². The summed E-state index contributed by atoms with van der Waals surface area (Å²) in [4.78, 5) is 25.8. The van der Waals surface area contributed by atoms with Gasteiger partial charge in [-0.2, -0.15) is 0 Å². The molecule has 2 fully saturated rings. The van der Waals surface area contributed by atoms with Crippen LogP contribution in [0.2, 0.25) is 0 Å². The minimum atomic E-state index is -0.869. The normalized spacial score (nSPS) is 30.7. The molecule has 5 nitrogen and oxygen atoms in total. The van der Waals surface area contributed by atoms with Crippen molar-refractivity contribution in [1.82, 2.24) is 10.2 Å². The van der Waals surface area contributed by atoms with Crippen molar-refractivity contribution in [3.05, 3.63) is 0 Å². The second-order valence-corrected chi connectivity index (χ2v) is 6.93. The average molecular weight is 296 g/mol. The van der Waals surface area contributed by atoms with Gasteiger partial charge in [-0.1, -0.05) is 26.7 Å². The number of carbonyl (C=O) groups is 2. The summed E-state index contributed by atoms with van der Waals surface area (Å²) in [5.41, 5.74) is 0. The van der Waals surface area contributed by atoms with Gasteiger partial charge in [-0.15, -0.1) is 0 Å². The van der Waals surface area contributed by atoms with E-state index < -0.39 is 12.0 Å². The van der Waals surface area contributed by atoms with Crippen molar-refractivity contribution < 1.29 is 14.7 Å². The number of hydrogen-bond donors (Lipinski definition) is 2. The van der Waals surface area contributed by atoms with Crippen molar-refractivity contribution in [3.8, 4) is 0 Å². The highest BCUT2D eigenvalue weighted by molar-refractivity contribution is 5.83. The average Bonchev–Trinajstić information content (AvgIpc) is 2.45. The Morgan fingerprint density at radius 3 is 2.38 bits per heavy atom. The molecule has 4 atom stereocenters. The maximum Gasteiger partial charge on any atom is 0.326 e. The van der Waals surface area contributed by atoms with E-state index in [9.17, 15) is 14.7 Å². The summed E-state index contributed by atoms with van der Waals surface area (Å²) in [6.07, 6.45) is 5.89. The van der Waals surface area contributed by atoms with Gasteiger partial charge >= 0.3 is 12.0 Å². The van der Waals surface area contributed by atoms with Gasteiger partial charge in [0.2, 0.25) is 0 Å². The van der Waals surface area contributed by atoms with E-state index in [2.05, 4.69) is 19.2 Å². The van der Waals surface area contributed by atoms with Crippen LogP contribution in [0.1, 0.15) is 59.3 Å². The quantitative estimate of drug-likeness (QED) is 0.841. The molecule has 0 radical (unpaired) electrons. The minimum absolute atomic E-state index is 0.0518. The summed E-state index contributed by atoms with van der Waals surface area (Å²) in [5, 5.41) is 12.5. The third-order valence-electron chi connectivity index (χ3n) is 5.24. The largest absolute Gasteiger partial charge is 0.480 e. The predicted molar refractivity (Wildman–Crippen MR) is 81.1 cm³/mol. The number of carboxylic acid groups (broad SMARTS) is 1. The molecule has 5 heteroatoms.